The molecule has 0 radical (unpaired) electrons. The van der Waals surface area contributed by atoms with Gasteiger partial charge in [0.1, 0.15) is 11.6 Å². The molecule has 1 aromatic rings. The Kier molecular flexibility index (Phi) is 7.28. The van der Waals surface area contributed by atoms with Gasteiger partial charge in [0.2, 0.25) is 11.8 Å². The molecule has 30 heavy (non-hydrogen) atoms. The lowest BCUT2D eigenvalue weighted by Crippen LogP contribution is -2.44. The van der Waals surface area contributed by atoms with Gasteiger partial charge < -0.3 is 14.7 Å². The lowest BCUT2D eigenvalue weighted by molar-refractivity contribution is -0.133. The molecule has 0 N–H and O–H groups in total. The van der Waals surface area contributed by atoms with Crippen LogP contribution in [0.15, 0.2) is 6.07 Å². The monoisotopic (exact) mass is 416 g/mol. The number of piperidine rings is 1. The molecule has 3 rings (SSSR count). The summed E-state index contributed by atoms with van der Waals surface area (Å²) < 4.78 is 0. The second kappa shape index (κ2) is 9.73. The molecule has 2 fully saturated rings. The predicted molar refractivity (Wildman–Crippen MR) is 118 cm³/mol. The molecule has 1 atom stereocenters. The summed E-state index contributed by atoms with van der Waals surface area (Å²) in [6, 6.07) is 2.02. The maximum Gasteiger partial charge on any atom is 0.236 e. The van der Waals surface area contributed by atoms with E-state index in [2.05, 4.69) is 18.7 Å². The summed E-state index contributed by atoms with van der Waals surface area (Å²) in [7, 11) is 5.81. The molecule has 0 saturated carbocycles. The number of rotatable bonds is 7. The lowest BCUT2D eigenvalue weighted by atomic mass is 9.95. The van der Waals surface area contributed by atoms with Crippen LogP contribution in [0.4, 0.5) is 5.82 Å². The largest absolute Gasteiger partial charge is 0.363 e. The van der Waals surface area contributed by atoms with Gasteiger partial charge in [-0.05, 0) is 25.9 Å². The average Bonchev–Trinajstić information content (AvgIpc) is 3.10. The van der Waals surface area contributed by atoms with Gasteiger partial charge in [0.05, 0.1) is 12.2 Å². The minimum absolute atomic E-state index is 0.124. The van der Waals surface area contributed by atoms with Gasteiger partial charge in [-0.2, -0.15) is 0 Å². The summed E-state index contributed by atoms with van der Waals surface area (Å²) in [5.74, 6) is 2.50. The van der Waals surface area contributed by atoms with E-state index in [0.717, 1.165) is 56.4 Å². The predicted octanol–water partition coefficient (Wildman–Crippen LogP) is 1.54. The molecule has 0 aromatic carbocycles. The Hall–Kier alpha value is -2.22. The molecule has 8 nitrogen and oxygen atoms in total. The van der Waals surface area contributed by atoms with Crippen molar-refractivity contribution < 1.29 is 9.59 Å². The van der Waals surface area contributed by atoms with Crippen molar-refractivity contribution >= 4 is 17.6 Å². The van der Waals surface area contributed by atoms with Crippen LogP contribution in [-0.2, 0) is 9.59 Å². The Morgan fingerprint density at radius 1 is 1.13 bits per heavy atom. The van der Waals surface area contributed by atoms with E-state index in [1.807, 2.05) is 37.0 Å². The first-order valence-electron chi connectivity index (χ1n) is 11.1. The van der Waals surface area contributed by atoms with Crippen LogP contribution in [0.25, 0.3) is 0 Å². The van der Waals surface area contributed by atoms with Gasteiger partial charge in [0.25, 0.3) is 0 Å². The molecule has 8 heteroatoms. The van der Waals surface area contributed by atoms with Crippen LogP contribution in [0, 0.1) is 0 Å². The minimum Gasteiger partial charge on any atom is -0.363 e. The second-order valence-electron chi connectivity index (χ2n) is 8.70. The highest BCUT2D eigenvalue weighted by molar-refractivity contribution is 5.79. The number of carbonyl (C=O) groups excluding carboxylic acids is 2. The van der Waals surface area contributed by atoms with Crippen molar-refractivity contribution in [3.05, 3.63) is 17.6 Å². The van der Waals surface area contributed by atoms with Crippen LogP contribution in [0.1, 0.15) is 56.5 Å². The molecule has 0 unspecified atom stereocenters. The van der Waals surface area contributed by atoms with Gasteiger partial charge in [-0.15, -0.1) is 0 Å². The Morgan fingerprint density at radius 3 is 2.33 bits per heavy atom. The van der Waals surface area contributed by atoms with E-state index >= 15 is 0 Å². The standard InChI is InChI=1S/C22H36N6O2/c1-6-27(7-2)15-21(30)28-10-8-16(9-11-28)22-23-18(13-19(24-22)25(3)4)17-12-20(29)26(5)14-17/h13,16-17H,6-12,14-15H2,1-5H3/t17-/m1/s1. The second-order valence-corrected chi connectivity index (χ2v) is 8.70. The molecular formula is C22H36N6O2. The average molecular weight is 417 g/mol. The summed E-state index contributed by atoms with van der Waals surface area (Å²) in [5.41, 5.74) is 0.960. The fourth-order valence-corrected chi connectivity index (χ4v) is 4.28. The minimum atomic E-state index is 0.124. The maximum absolute atomic E-state index is 12.6. The van der Waals surface area contributed by atoms with Crippen molar-refractivity contribution in [2.45, 2.75) is 44.9 Å². The number of hydrogen-bond donors (Lipinski definition) is 0. The molecule has 2 aliphatic rings. The van der Waals surface area contributed by atoms with Crippen molar-refractivity contribution in [3.63, 3.8) is 0 Å². The zero-order chi connectivity index (χ0) is 21.8. The Morgan fingerprint density at radius 2 is 1.80 bits per heavy atom. The molecule has 166 valence electrons. The van der Waals surface area contributed by atoms with Crippen molar-refractivity contribution in [3.8, 4) is 0 Å². The number of likely N-dealkylation sites (tertiary alicyclic amines) is 2. The highest BCUT2D eigenvalue weighted by atomic mass is 16.2. The molecule has 0 aliphatic carbocycles. The van der Waals surface area contributed by atoms with Gasteiger partial charge in [-0.1, -0.05) is 13.8 Å². The van der Waals surface area contributed by atoms with Crippen LogP contribution in [0.3, 0.4) is 0 Å². The van der Waals surface area contributed by atoms with Crippen LogP contribution >= 0.6 is 0 Å². The van der Waals surface area contributed by atoms with Crippen LogP contribution in [0.2, 0.25) is 0 Å². The first-order chi connectivity index (χ1) is 14.3. The van der Waals surface area contributed by atoms with E-state index in [9.17, 15) is 9.59 Å². The van der Waals surface area contributed by atoms with E-state index in [0.29, 0.717) is 19.5 Å². The quantitative estimate of drug-likeness (QED) is 0.671. The van der Waals surface area contributed by atoms with E-state index in [4.69, 9.17) is 9.97 Å². The molecule has 1 aromatic heterocycles. The first-order valence-corrected chi connectivity index (χ1v) is 11.1. The summed E-state index contributed by atoms with van der Waals surface area (Å²) in [5, 5.41) is 0. The summed E-state index contributed by atoms with van der Waals surface area (Å²) in [6.07, 6.45) is 2.27. The summed E-state index contributed by atoms with van der Waals surface area (Å²) in [4.78, 5) is 42.3. The normalized spacial score (nSPS) is 20.3. The van der Waals surface area contributed by atoms with Crippen molar-refractivity contribution in [2.24, 2.45) is 0 Å². The number of nitrogens with zero attached hydrogens (tertiary/aromatic N) is 6. The van der Waals surface area contributed by atoms with Gasteiger partial charge in [0.15, 0.2) is 0 Å². The summed E-state index contributed by atoms with van der Waals surface area (Å²) >= 11 is 0. The highest BCUT2D eigenvalue weighted by Crippen LogP contribution is 2.31. The van der Waals surface area contributed by atoms with Gasteiger partial charge in [-0.25, -0.2) is 9.97 Å². The molecule has 0 spiro atoms. The van der Waals surface area contributed by atoms with E-state index in [1.165, 1.54) is 0 Å². The van der Waals surface area contributed by atoms with Gasteiger partial charge in [-0.3, -0.25) is 14.5 Å². The molecule has 0 bridgehead atoms. The fourth-order valence-electron chi connectivity index (χ4n) is 4.28. The van der Waals surface area contributed by atoms with Gasteiger partial charge in [0, 0.05) is 65.1 Å². The number of anilines is 1. The number of carbonyl (C=O) groups is 2. The summed E-state index contributed by atoms with van der Waals surface area (Å²) in [6.45, 7) is 8.67. The third-order valence-electron chi connectivity index (χ3n) is 6.43. The molecule has 2 saturated heterocycles. The Balaban J connectivity index is 1.70. The van der Waals surface area contributed by atoms with Crippen molar-refractivity contribution in [1.82, 2.24) is 24.7 Å². The first kappa shape index (κ1) is 22.5. The number of likely N-dealkylation sites (N-methyl/N-ethyl adjacent to an activating group) is 2. The van der Waals surface area contributed by atoms with Gasteiger partial charge >= 0.3 is 0 Å². The third kappa shape index (κ3) is 5.09. The zero-order valence-electron chi connectivity index (χ0n) is 19.1. The maximum atomic E-state index is 12.6. The van der Waals surface area contributed by atoms with Crippen LogP contribution in [0.5, 0.6) is 0 Å². The Bertz CT molecular complexity index is 756. The van der Waals surface area contributed by atoms with Crippen molar-refractivity contribution in [2.75, 3.05) is 65.3 Å². The fraction of sp³-hybridized carbons (Fsp3) is 0.727. The van der Waals surface area contributed by atoms with Crippen LogP contribution < -0.4 is 4.90 Å². The molecule has 2 amide bonds. The number of hydrogen-bond acceptors (Lipinski definition) is 6. The van der Waals surface area contributed by atoms with E-state index in [1.54, 1.807) is 4.90 Å². The molecule has 2 aliphatic heterocycles. The number of aromatic nitrogens is 2. The van der Waals surface area contributed by atoms with E-state index < -0.39 is 0 Å². The highest BCUT2D eigenvalue weighted by Gasteiger charge is 2.31. The van der Waals surface area contributed by atoms with Crippen LogP contribution in [-0.4, -0.2) is 96.9 Å². The lowest BCUT2D eigenvalue weighted by Gasteiger charge is -2.33. The third-order valence-corrected chi connectivity index (χ3v) is 6.43. The van der Waals surface area contributed by atoms with E-state index in [-0.39, 0.29) is 23.7 Å². The topological polar surface area (TPSA) is 72.9 Å². The molecule has 3 heterocycles. The smallest absolute Gasteiger partial charge is 0.236 e. The number of amides is 2. The molecular weight excluding hydrogens is 380 g/mol. The zero-order valence-corrected chi connectivity index (χ0v) is 19.1. The Labute approximate surface area is 180 Å². The van der Waals surface area contributed by atoms with Crippen molar-refractivity contribution in [1.29, 1.82) is 0 Å². The SMILES string of the molecule is CCN(CC)CC(=O)N1CCC(c2nc([C@@H]3CC(=O)N(C)C3)cc(N(C)C)n2)CC1.